The van der Waals surface area contributed by atoms with Gasteiger partial charge in [0.1, 0.15) is 11.6 Å². The molecule has 2 N–H and O–H groups in total. The standard InChI is InChI=1S/C37H32FN3O5/c1-39(2)36(44)32-22-31(29-5-3-4-6-30(29)34(32)42)24-9-7-23(8-10-24)28-16-13-26(21-33(28)38)35(43)41-19-17-40(18-20-41)27-14-11-25(12-15-27)37(45)46/h3-16,21-22,42H,17-20H2,1-2H3,(H,45,46). The molecule has 1 fully saturated rings. The molecule has 0 aromatic heterocycles. The number of aromatic hydroxyl groups is 1. The summed E-state index contributed by atoms with van der Waals surface area (Å²) in [5.74, 6) is -2.12. The molecular weight excluding hydrogens is 585 g/mol. The van der Waals surface area contributed by atoms with Crippen LogP contribution in [0.5, 0.6) is 5.75 Å². The van der Waals surface area contributed by atoms with Gasteiger partial charge < -0.3 is 24.9 Å². The highest BCUT2D eigenvalue weighted by molar-refractivity contribution is 6.09. The van der Waals surface area contributed by atoms with Crippen molar-refractivity contribution in [1.82, 2.24) is 9.80 Å². The van der Waals surface area contributed by atoms with Gasteiger partial charge in [0.25, 0.3) is 11.8 Å². The number of benzene rings is 5. The van der Waals surface area contributed by atoms with Gasteiger partial charge in [-0.2, -0.15) is 0 Å². The predicted molar refractivity (Wildman–Crippen MR) is 176 cm³/mol. The van der Waals surface area contributed by atoms with Crippen molar-refractivity contribution in [2.24, 2.45) is 0 Å². The lowest BCUT2D eigenvalue weighted by atomic mass is 9.93. The third-order valence-electron chi connectivity index (χ3n) is 8.42. The Bertz CT molecular complexity index is 1960. The highest BCUT2D eigenvalue weighted by Gasteiger charge is 2.24. The lowest BCUT2D eigenvalue weighted by Crippen LogP contribution is -2.48. The molecule has 0 spiro atoms. The van der Waals surface area contributed by atoms with Crippen molar-refractivity contribution in [3.8, 4) is 28.0 Å². The summed E-state index contributed by atoms with van der Waals surface area (Å²) in [6.45, 7) is 2.06. The van der Waals surface area contributed by atoms with Crippen molar-refractivity contribution in [3.05, 3.63) is 120 Å². The minimum absolute atomic E-state index is 0.0690. The first-order chi connectivity index (χ1) is 22.1. The number of halogens is 1. The number of aromatic carboxylic acids is 1. The summed E-state index contributed by atoms with van der Waals surface area (Å²) in [4.78, 5) is 42.4. The fourth-order valence-corrected chi connectivity index (χ4v) is 5.88. The maximum Gasteiger partial charge on any atom is 0.335 e. The summed E-state index contributed by atoms with van der Waals surface area (Å²) in [6, 6.07) is 27.5. The van der Waals surface area contributed by atoms with Gasteiger partial charge in [0, 0.05) is 62.5 Å². The Morgan fingerprint density at radius 3 is 1.89 bits per heavy atom. The average molecular weight is 618 g/mol. The van der Waals surface area contributed by atoms with E-state index in [0.29, 0.717) is 42.7 Å². The van der Waals surface area contributed by atoms with Gasteiger partial charge in [-0.05, 0) is 64.5 Å². The second kappa shape index (κ2) is 12.4. The molecule has 0 atom stereocenters. The fourth-order valence-electron chi connectivity index (χ4n) is 5.88. The Labute approximate surface area is 265 Å². The van der Waals surface area contributed by atoms with Gasteiger partial charge in [0.2, 0.25) is 0 Å². The lowest BCUT2D eigenvalue weighted by Gasteiger charge is -2.36. The number of amides is 2. The van der Waals surface area contributed by atoms with E-state index in [1.807, 2.05) is 24.3 Å². The molecule has 0 radical (unpaired) electrons. The van der Waals surface area contributed by atoms with Gasteiger partial charge in [-0.1, -0.05) is 54.6 Å². The normalized spacial score (nSPS) is 13.1. The zero-order valence-electron chi connectivity index (χ0n) is 25.4. The van der Waals surface area contributed by atoms with Crippen LogP contribution in [-0.2, 0) is 0 Å². The quantitative estimate of drug-likeness (QED) is 0.229. The number of rotatable bonds is 6. The van der Waals surface area contributed by atoms with Crippen LogP contribution >= 0.6 is 0 Å². The third kappa shape index (κ3) is 5.75. The first-order valence-corrected chi connectivity index (χ1v) is 14.9. The molecule has 0 unspecified atom stereocenters. The van der Waals surface area contributed by atoms with Gasteiger partial charge in [0.15, 0.2) is 0 Å². The number of phenols is 1. The SMILES string of the molecule is CN(C)C(=O)c1cc(-c2ccc(-c3ccc(C(=O)N4CCN(c5ccc(C(=O)O)cc5)CC4)cc3F)cc2)c2ccccc2c1O. The van der Waals surface area contributed by atoms with Gasteiger partial charge >= 0.3 is 5.97 Å². The van der Waals surface area contributed by atoms with Crippen LogP contribution in [0.25, 0.3) is 33.0 Å². The van der Waals surface area contributed by atoms with Crippen molar-refractivity contribution in [2.75, 3.05) is 45.2 Å². The number of nitrogens with zero attached hydrogens (tertiary/aromatic N) is 3. The Kier molecular flexibility index (Phi) is 8.15. The zero-order chi connectivity index (χ0) is 32.5. The Morgan fingerprint density at radius 1 is 0.717 bits per heavy atom. The van der Waals surface area contributed by atoms with Crippen LogP contribution < -0.4 is 4.90 Å². The summed E-state index contributed by atoms with van der Waals surface area (Å²) in [6.07, 6.45) is 0. The summed E-state index contributed by atoms with van der Waals surface area (Å²) in [5.41, 5.74) is 4.14. The maximum atomic E-state index is 15.4. The van der Waals surface area contributed by atoms with Crippen LogP contribution in [0.1, 0.15) is 31.1 Å². The maximum absolute atomic E-state index is 15.4. The van der Waals surface area contributed by atoms with Crippen LogP contribution in [0.3, 0.4) is 0 Å². The number of hydrogen-bond acceptors (Lipinski definition) is 5. The van der Waals surface area contributed by atoms with Crippen molar-refractivity contribution < 1.29 is 29.0 Å². The molecule has 5 aromatic rings. The van der Waals surface area contributed by atoms with E-state index in [-0.39, 0.29) is 34.3 Å². The molecule has 0 bridgehead atoms. The molecule has 46 heavy (non-hydrogen) atoms. The highest BCUT2D eigenvalue weighted by atomic mass is 19.1. The van der Waals surface area contributed by atoms with Crippen LogP contribution in [0.4, 0.5) is 10.1 Å². The molecule has 1 aliphatic heterocycles. The first-order valence-electron chi connectivity index (χ1n) is 14.9. The molecule has 232 valence electrons. The van der Waals surface area contributed by atoms with Gasteiger partial charge in [-0.15, -0.1) is 0 Å². The summed E-state index contributed by atoms with van der Waals surface area (Å²) in [7, 11) is 3.26. The zero-order valence-corrected chi connectivity index (χ0v) is 25.4. The monoisotopic (exact) mass is 617 g/mol. The van der Waals surface area contributed by atoms with E-state index in [1.54, 1.807) is 85.7 Å². The molecule has 1 saturated heterocycles. The molecule has 0 saturated carbocycles. The minimum Gasteiger partial charge on any atom is -0.506 e. The van der Waals surface area contributed by atoms with E-state index in [2.05, 4.69) is 4.90 Å². The van der Waals surface area contributed by atoms with E-state index < -0.39 is 11.8 Å². The number of carboxylic acid groups (broad SMARTS) is 1. The van der Waals surface area contributed by atoms with E-state index in [4.69, 9.17) is 5.11 Å². The fraction of sp³-hybridized carbons (Fsp3) is 0.162. The van der Waals surface area contributed by atoms with Crippen LogP contribution in [0.2, 0.25) is 0 Å². The van der Waals surface area contributed by atoms with Crippen LogP contribution in [-0.4, -0.2) is 78.1 Å². The average Bonchev–Trinajstić information content (AvgIpc) is 3.08. The second-order valence-electron chi connectivity index (χ2n) is 11.5. The van der Waals surface area contributed by atoms with E-state index >= 15 is 4.39 Å². The number of carbonyl (C=O) groups excluding carboxylic acids is 2. The van der Waals surface area contributed by atoms with Gasteiger partial charge in [-0.25, -0.2) is 9.18 Å². The number of fused-ring (bicyclic) bond motifs is 1. The van der Waals surface area contributed by atoms with Crippen LogP contribution in [0, 0.1) is 5.82 Å². The number of piperazine rings is 1. The minimum atomic E-state index is -0.979. The van der Waals surface area contributed by atoms with Crippen molar-refractivity contribution in [1.29, 1.82) is 0 Å². The number of phenolic OH excluding ortho intramolecular Hbond substituents is 1. The second-order valence-corrected chi connectivity index (χ2v) is 11.5. The molecular formula is C37H32FN3O5. The first kappa shape index (κ1) is 30.3. The topological polar surface area (TPSA) is 101 Å². The largest absolute Gasteiger partial charge is 0.506 e. The van der Waals surface area contributed by atoms with E-state index in [0.717, 1.165) is 22.2 Å². The molecule has 1 heterocycles. The number of carboxylic acids is 1. The molecule has 8 nitrogen and oxygen atoms in total. The summed E-state index contributed by atoms with van der Waals surface area (Å²) < 4.78 is 15.4. The van der Waals surface area contributed by atoms with Crippen molar-refractivity contribution in [2.45, 2.75) is 0 Å². The number of anilines is 1. The van der Waals surface area contributed by atoms with E-state index in [9.17, 15) is 19.5 Å². The number of hydrogen-bond donors (Lipinski definition) is 2. The van der Waals surface area contributed by atoms with Crippen molar-refractivity contribution in [3.63, 3.8) is 0 Å². The molecule has 0 aliphatic carbocycles. The molecule has 1 aliphatic rings. The highest BCUT2D eigenvalue weighted by Crippen LogP contribution is 2.38. The van der Waals surface area contributed by atoms with E-state index in [1.165, 1.54) is 11.0 Å². The smallest absolute Gasteiger partial charge is 0.335 e. The van der Waals surface area contributed by atoms with Gasteiger partial charge in [0.05, 0.1) is 11.1 Å². The van der Waals surface area contributed by atoms with Crippen LogP contribution in [0.15, 0.2) is 97.1 Å². The summed E-state index contributed by atoms with van der Waals surface area (Å²) in [5, 5.41) is 21.3. The molecule has 6 rings (SSSR count). The molecule has 9 heteroatoms. The van der Waals surface area contributed by atoms with Crippen molar-refractivity contribution >= 4 is 34.2 Å². The molecule has 2 amide bonds. The Balaban J connectivity index is 1.19. The van der Waals surface area contributed by atoms with Gasteiger partial charge in [-0.3, -0.25) is 9.59 Å². The molecule has 5 aromatic carbocycles. The Morgan fingerprint density at radius 2 is 1.30 bits per heavy atom. The Hall–Kier alpha value is -5.70. The third-order valence-corrected chi connectivity index (χ3v) is 8.42. The lowest BCUT2D eigenvalue weighted by molar-refractivity contribution is 0.0694. The number of carbonyl (C=O) groups is 3. The predicted octanol–water partition coefficient (Wildman–Crippen LogP) is 6.38. The summed E-state index contributed by atoms with van der Waals surface area (Å²) >= 11 is 0.